The minimum atomic E-state index is 0.722. The molecule has 1 aliphatic rings. The Balaban J connectivity index is 1.67. The zero-order valence-electron chi connectivity index (χ0n) is 14.8. The monoisotopic (exact) mass is 319 g/mol. The maximum absolute atomic E-state index is 5.77. The summed E-state index contributed by atoms with van der Waals surface area (Å²) in [5, 5.41) is 0. The van der Waals surface area contributed by atoms with Crippen LogP contribution in [-0.4, -0.2) is 51.3 Å². The molecule has 4 nitrogen and oxygen atoms in total. The molecule has 4 heteroatoms. The molecule has 130 valence electrons. The van der Waals surface area contributed by atoms with Gasteiger partial charge in [-0.05, 0) is 44.0 Å². The van der Waals surface area contributed by atoms with Crippen molar-refractivity contribution < 1.29 is 4.74 Å². The van der Waals surface area contributed by atoms with Gasteiger partial charge in [0.05, 0.1) is 7.11 Å². The van der Waals surface area contributed by atoms with Crippen LogP contribution < -0.4 is 15.4 Å². The van der Waals surface area contributed by atoms with Gasteiger partial charge in [0.2, 0.25) is 0 Å². The molecular weight excluding hydrogens is 286 g/mol. The van der Waals surface area contributed by atoms with E-state index in [0.717, 1.165) is 44.4 Å². The van der Waals surface area contributed by atoms with Crippen LogP contribution in [0, 0.1) is 5.92 Å². The first-order chi connectivity index (χ1) is 11.3. The third kappa shape index (κ3) is 5.70. The lowest BCUT2D eigenvalue weighted by molar-refractivity contribution is 0.249. The van der Waals surface area contributed by atoms with E-state index in [2.05, 4.69) is 34.9 Å². The molecule has 0 aliphatic carbocycles. The van der Waals surface area contributed by atoms with Crippen molar-refractivity contribution in [3.8, 4) is 5.75 Å². The van der Waals surface area contributed by atoms with Gasteiger partial charge in [0, 0.05) is 37.9 Å². The Hall–Kier alpha value is -1.26. The van der Waals surface area contributed by atoms with Crippen molar-refractivity contribution in [2.45, 2.75) is 32.6 Å². The zero-order chi connectivity index (χ0) is 16.5. The van der Waals surface area contributed by atoms with E-state index in [1.54, 1.807) is 7.11 Å². The summed E-state index contributed by atoms with van der Waals surface area (Å²) in [6, 6.07) is 8.38. The van der Waals surface area contributed by atoms with E-state index < -0.39 is 0 Å². The fraction of sp³-hybridized carbons (Fsp3) is 0.684. The second kappa shape index (κ2) is 9.78. The van der Waals surface area contributed by atoms with Crippen molar-refractivity contribution in [1.82, 2.24) is 4.90 Å². The highest BCUT2D eigenvalue weighted by molar-refractivity contribution is 5.51. The van der Waals surface area contributed by atoms with Gasteiger partial charge >= 0.3 is 0 Å². The van der Waals surface area contributed by atoms with Gasteiger partial charge in [-0.1, -0.05) is 25.8 Å². The molecule has 2 N–H and O–H groups in total. The third-order valence-electron chi connectivity index (χ3n) is 5.04. The van der Waals surface area contributed by atoms with Gasteiger partial charge in [-0.3, -0.25) is 4.90 Å². The molecule has 1 atom stereocenters. The van der Waals surface area contributed by atoms with E-state index in [9.17, 15) is 0 Å². The SMILES string of the molecule is CCC(CN)CCCCN1CCN(c2cccc(OC)c2)CC1. The molecule has 1 aliphatic heterocycles. The Labute approximate surface area is 141 Å². The molecule has 0 spiro atoms. The van der Waals surface area contributed by atoms with Gasteiger partial charge in [-0.2, -0.15) is 0 Å². The number of anilines is 1. The first kappa shape index (κ1) is 18.1. The Kier molecular flexibility index (Phi) is 7.69. The van der Waals surface area contributed by atoms with Gasteiger partial charge in [0.1, 0.15) is 5.75 Å². The molecule has 0 aromatic heterocycles. The first-order valence-corrected chi connectivity index (χ1v) is 9.08. The summed E-state index contributed by atoms with van der Waals surface area (Å²) in [5.74, 6) is 1.66. The van der Waals surface area contributed by atoms with Crippen LogP contribution in [0.5, 0.6) is 5.75 Å². The van der Waals surface area contributed by atoms with Crippen LogP contribution in [0.15, 0.2) is 24.3 Å². The summed E-state index contributed by atoms with van der Waals surface area (Å²) in [5.41, 5.74) is 7.05. The molecule has 1 saturated heterocycles. The number of hydrogen-bond donors (Lipinski definition) is 1. The van der Waals surface area contributed by atoms with Gasteiger partial charge in [-0.15, -0.1) is 0 Å². The normalized spacial score (nSPS) is 17.3. The number of hydrogen-bond acceptors (Lipinski definition) is 4. The maximum atomic E-state index is 5.77. The van der Waals surface area contributed by atoms with Gasteiger partial charge in [0.25, 0.3) is 0 Å². The van der Waals surface area contributed by atoms with Crippen LogP contribution in [-0.2, 0) is 0 Å². The number of nitrogens with zero attached hydrogens (tertiary/aromatic N) is 2. The second-order valence-corrected chi connectivity index (χ2v) is 6.54. The van der Waals surface area contributed by atoms with Crippen LogP contribution in [0.4, 0.5) is 5.69 Å². The van der Waals surface area contributed by atoms with Crippen molar-refractivity contribution in [3.63, 3.8) is 0 Å². The summed E-state index contributed by atoms with van der Waals surface area (Å²) in [6.07, 6.45) is 5.12. The van der Waals surface area contributed by atoms with Crippen molar-refractivity contribution in [1.29, 1.82) is 0 Å². The average Bonchev–Trinajstić information content (AvgIpc) is 2.62. The molecule has 0 radical (unpaired) electrons. The largest absolute Gasteiger partial charge is 0.497 e. The number of benzene rings is 1. The minimum absolute atomic E-state index is 0.722. The predicted molar refractivity (Wildman–Crippen MR) is 98.3 cm³/mol. The molecule has 1 fully saturated rings. The summed E-state index contributed by atoms with van der Waals surface area (Å²) in [6.45, 7) is 8.84. The lowest BCUT2D eigenvalue weighted by Gasteiger charge is -2.36. The lowest BCUT2D eigenvalue weighted by atomic mass is 9.99. The van der Waals surface area contributed by atoms with E-state index in [-0.39, 0.29) is 0 Å². The first-order valence-electron chi connectivity index (χ1n) is 9.08. The van der Waals surface area contributed by atoms with Crippen LogP contribution >= 0.6 is 0 Å². The van der Waals surface area contributed by atoms with Gasteiger partial charge in [0.15, 0.2) is 0 Å². The Bertz CT molecular complexity index is 440. The molecule has 1 unspecified atom stereocenters. The number of ether oxygens (including phenoxy) is 1. The molecule has 0 amide bonds. The molecule has 2 rings (SSSR count). The summed E-state index contributed by atoms with van der Waals surface area (Å²) in [7, 11) is 1.73. The molecule has 1 aromatic rings. The van der Waals surface area contributed by atoms with Gasteiger partial charge in [-0.25, -0.2) is 0 Å². The summed E-state index contributed by atoms with van der Waals surface area (Å²) < 4.78 is 5.32. The molecule has 0 bridgehead atoms. The summed E-state index contributed by atoms with van der Waals surface area (Å²) >= 11 is 0. The highest BCUT2D eigenvalue weighted by Gasteiger charge is 2.17. The van der Waals surface area contributed by atoms with E-state index >= 15 is 0 Å². The minimum Gasteiger partial charge on any atom is -0.497 e. The van der Waals surface area contributed by atoms with Crippen molar-refractivity contribution >= 4 is 5.69 Å². The van der Waals surface area contributed by atoms with Crippen LogP contribution in [0.25, 0.3) is 0 Å². The number of piperazine rings is 1. The Morgan fingerprint density at radius 2 is 1.96 bits per heavy atom. The maximum Gasteiger partial charge on any atom is 0.120 e. The Morgan fingerprint density at radius 1 is 1.17 bits per heavy atom. The highest BCUT2D eigenvalue weighted by Crippen LogP contribution is 2.22. The quantitative estimate of drug-likeness (QED) is 0.711. The van der Waals surface area contributed by atoms with Crippen molar-refractivity contribution in [2.24, 2.45) is 11.7 Å². The molecule has 23 heavy (non-hydrogen) atoms. The molecular formula is C19H33N3O. The number of rotatable bonds is 9. The number of methoxy groups -OCH3 is 1. The molecule has 1 aromatic carbocycles. The standard InChI is InChI=1S/C19H33N3O/c1-3-17(16-20)7-4-5-10-21-11-13-22(14-12-21)18-8-6-9-19(15-18)23-2/h6,8-9,15,17H,3-5,7,10-14,16,20H2,1-2H3. The zero-order valence-corrected chi connectivity index (χ0v) is 14.8. The van der Waals surface area contributed by atoms with E-state index in [1.807, 2.05) is 6.07 Å². The molecule has 0 saturated carbocycles. The van der Waals surface area contributed by atoms with Crippen LogP contribution in [0.2, 0.25) is 0 Å². The van der Waals surface area contributed by atoms with Crippen LogP contribution in [0.3, 0.4) is 0 Å². The average molecular weight is 319 g/mol. The second-order valence-electron chi connectivity index (χ2n) is 6.54. The number of unbranched alkanes of at least 4 members (excludes halogenated alkanes) is 1. The third-order valence-corrected chi connectivity index (χ3v) is 5.04. The van der Waals surface area contributed by atoms with E-state index in [1.165, 1.54) is 37.9 Å². The fourth-order valence-electron chi connectivity index (χ4n) is 3.29. The fourth-order valence-corrected chi connectivity index (χ4v) is 3.29. The topological polar surface area (TPSA) is 41.7 Å². The summed E-state index contributed by atoms with van der Waals surface area (Å²) in [4.78, 5) is 5.06. The highest BCUT2D eigenvalue weighted by atomic mass is 16.5. The predicted octanol–water partition coefficient (Wildman–Crippen LogP) is 2.97. The van der Waals surface area contributed by atoms with Crippen molar-refractivity contribution in [2.75, 3.05) is 51.3 Å². The smallest absolute Gasteiger partial charge is 0.120 e. The lowest BCUT2D eigenvalue weighted by Crippen LogP contribution is -2.46. The Morgan fingerprint density at radius 3 is 2.61 bits per heavy atom. The number of nitrogens with two attached hydrogens (primary N) is 1. The van der Waals surface area contributed by atoms with E-state index in [0.29, 0.717) is 0 Å². The van der Waals surface area contributed by atoms with Crippen molar-refractivity contribution in [3.05, 3.63) is 24.3 Å². The molecule has 1 heterocycles. The van der Waals surface area contributed by atoms with E-state index in [4.69, 9.17) is 10.5 Å². The van der Waals surface area contributed by atoms with Crippen LogP contribution in [0.1, 0.15) is 32.6 Å². The van der Waals surface area contributed by atoms with Gasteiger partial charge < -0.3 is 15.4 Å².